The molecule has 0 unspecified atom stereocenters. The van der Waals surface area contributed by atoms with Gasteiger partial charge < -0.3 is 14.5 Å². The molecule has 2 saturated heterocycles. The van der Waals surface area contributed by atoms with E-state index in [9.17, 15) is 18.0 Å². The summed E-state index contributed by atoms with van der Waals surface area (Å²) in [6, 6.07) is 7.59. The van der Waals surface area contributed by atoms with E-state index in [0.29, 0.717) is 37.6 Å². The number of hydrogen-bond donors (Lipinski definition) is 0. The highest BCUT2D eigenvalue weighted by Gasteiger charge is 2.30. The van der Waals surface area contributed by atoms with Crippen molar-refractivity contribution >= 4 is 39.0 Å². The van der Waals surface area contributed by atoms with Crippen molar-refractivity contribution in [1.29, 1.82) is 0 Å². The van der Waals surface area contributed by atoms with Gasteiger partial charge in [0.25, 0.3) is 5.91 Å². The van der Waals surface area contributed by atoms with Crippen molar-refractivity contribution in [3.8, 4) is 0 Å². The Balaban J connectivity index is 1.41. The van der Waals surface area contributed by atoms with Crippen LogP contribution in [0.1, 0.15) is 12.8 Å². The van der Waals surface area contributed by atoms with Gasteiger partial charge in [-0.05, 0) is 24.5 Å². The maximum absolute atomic E-state index is 12.3. The molecule has 1 aromatic carbocycles. The Hall–Kier alpha value is -1.80. The summed E-state index contributed by atoms with van der Waals surface area (Å²) in [5.41, 5.74) is 0.948. The number of para-hydroxylation sites is 1. The Morgan fingerprint density at radius 2 is 1.85 bits per heavy atom. The van der Waals surface area contributed by atoms with Crippen LogP contribution in [0.2, 0.25) is 5.02 Å². The Morgan fingerprint density at radius 1 is 1.15 bits per heavy atom. The number of benzene rings is 1. The third-order valence-electron chi connectivity index (χ3n) is 4.96. The standard InChI is InChI=1S/C18H23ClN2O5S/c19-15-3-1-2-4-16(15)20-6-8-21(9-7-20)17(22)12-26-18(23)11-14-5-10-27(24,25)13-14/h1-4,14H,5-13H2/t14-/m0/s1. The molecule has 2 aliphatic heterocycles. The fourth-order valence-corrected chi connectivity index (χ4v) is 5.58. The van der Waals surface area contributed by atoms with E-state index in [4.69, 9.17) is 16.3 Å². The second-order valence-corrected chi connectivity index (χ2v) is 9.59. The molecule has 0 bridgehead atoms. The van der Waals surface area contributed by atoms with Gasteiger partial charge in [-0.25, -0.2) is 8.42 Å². The van der Waals surface area contributed by atoms with E-state index >= 15 is 0 Å². The number of halogens is 1. The summed E-state index contributed by atoms with van der Waals surface area (Å²) in [6.45, 7) is 2.07. The van der Waals surface area contributed by atoms with Gasteiger partial charge in [-0.2, -0.15) is 0 Å². The fraction of sp³-hybridized carbons (Fsp3) is 0.556. The van der Waals surface area contributed by atoms with E-state index in [1.807, 2.05) is 24.3 Å². The van der Waals surface area contributed by atoms with Gasteiger partial charge in [0, 0.05) is 32.6 Å². The summed E-state index contributed by atoms with van der Waals surface area (Å²) in [7, 11) is -3.02. The van der Waals surface area contributed by atoms with Gasteiger partial charge in [-0.1, -0.05) is 23.7 Å². The summed E-state index contributed by atoms with van der Waals surface area (Å²) in [5.74, 6) is -0.794. The first kappa shape index (κ1) is 19.9. The number of carbonyl (C=O) groups is 2. The monoisotopic (exact) mass is 414 g/mol. The molecule has 3 rings (SSSR count). The maximum Gasteiger partial charge on any atom is 0.306 e. The van der Waals surface area contributed by atoms with Crippen molar-refractivity contribution in [2.45, 2.75) is 12.8 Å². The van der Waals surface area contributed by atoms with Crippen LogP contribution in [0, 0.1) is 5.92 Å². The molecule has 27 heavy (non-hydrogen) atoms. The number of nitrogens with zero attached hydrogens (tertiary/aromatic N) is 2. The second-order valence-electron chi connectivity index (χ2n) is 6.95. The zero-order valence-corrected chi connectivity index (χ0v) is 16.5. The smallest absolute Gasteiger partial charge is 0.306 e. The third-order valence-corrected chi connectivity index (χ3v) is 7.12. The van der Waals surface area contributed by atoms with Gasteiger partial charge in [-0.15, -0.1) is 0 Å². The minimum atomic E-state index is -3.02. The first-order valence-corrected chi connectivity index (χ1v) is 11.2. The molecule has 9 heteroatoms. The number of rotatable bonds is 5. The number of hydrogen-bond acceptors (Lipinski definition) is 6. The molecule has 0 aromatic heterocycles. The number of anilines is 1. The summed E-state index contributed by atoms with van der Waals surface area (Å²) in [6.07, 6.45) is 0.530. The van der Waals surface area contributed by atoms with Gasteiger partial charge in [-0.3, -0.25) is 9.59 Å². The highest BCUT2D eigenvalue weighted by atomic mass is 35.5. The van der Waals surface area contributed by atoms with E-state index in [1.165, 1.54) is 0 Å². The minimum Gasteiger partial charge on any atom is -0.456 e. The first-order chi connectivity index (χ1) is 12.8. The molecule has 148 valence electrons. The van der Waals surface area contributed by atoms with E-state index in [1.54, 1.807) is 4.90 Å². The zero-order valence-electron chi connectivity index (χ0n) is 15.0. The summed E-state index contributed by atoms with van der Waals surface area (Å²) in [5, 5.41) is 0.681. The molecule has 1 atom stereocenters. The molecule has 0 aliphatic carbocycles. The summed E-state index contributed by atoms with van der Waals surface area (Å²) >= 11 is 6.21. The fourth-order valence-electron chi connectivity index (χ4n) is 3.47. The minimum absolute atomic E-state index is 0.0278. The van der Waals surface area contributed by atoms with E-state index in [0.717, 1.165) is 5.69 Å². The van der Waals surface area contributed by atoms with Crippen molar-refractivity contribution in [3.63, 3.8) is 0 Å². The molecular formula is C18H23ClN2O5S. The van der Waals surface area contributed by atoms with E-state index < -0.39 is 15.8 Å². The lowest BCUT2D eigenvalue weighted by molar-refractivity contribution is -0.152. The lowest BCUT2D eigenvalue weighted by Gasteiger charge is -2.36. The Morgan fingerprint density at radius 3 is 2.48 bits per heavy atom. The van der Waals surface area contributed by atoms with Gasteiger partial charge in [0.1, 0.15) is 0 Å². The second kappa shape index (κ2) is 8.48. The van der Waals surface area contributed by atoms with Crippen LogP contribution in [0.15, 0.2) is 24.3 Å². The van der Waals surface area contributed by atoms with Crippen LogP contribution < -0.4 is 4.90 Å². The largest absolute Gasteiger partial charge is 0.456 e. The predicted octanol–water partition coefficient (Wildman–Crippen LogP) is 1.36. The molecule has 7 nitrogen and oxygen atoms in total. The van der Waals surface area contributed by atoms with Gasteiger partial charge in [0.05, 0.1) is 22.2 Å². The van der Waals surface area contributed by atoms with Gasteiger partial charge >= 0.3 is 5.97 Å². The number of piperazine rings is 1. The van der Waals surface area contributed by atoms with Crippen LogP contribution in [0.4, 0.5) is 5.69 Å². The molecule has 0 N–H and O–H groups in total. The number of ether oxygens (including phenoxy) is 1. The molecule has 0 spiro atoms. The zero-order chi connectivity index (χ0) is 19.4. The van der Waals surface area contributed by atoms with Crippen LogP contribution in [0.5, 0.6) is 0 Å². The molecule has 0 saturated carbocycles. The maximum atomic E-state index is 12.3. The molecule has 2 heterocycles. The molecule has 1 amide bonds. The number of carbonyl (C=O) groups excluding carboxylic acids is 2. The van der Waals surface area contributed by atoms with Gasteiger partial charge in [0.15, 0.2) is 16.4 Å². The predicted molar refractivity (Wildman–Crippen MR) is 103 cm³/mol. The van der Waals surface area contributed by atoms with Crippen molar-refractivity contribution in [3.05, 3.63) is 29.3 Å². The lowest BCUT2D eigenvalue weighted by Crippen LogP contribution is -2.50. The Bertz CT molecular complexity index is 806. The molecule has 1 aromatic rings. The van der Waals surface area contributed by atoms with Crippen molar-refractivity contribution < 1.29 is 22.7 Å². The highest BCUT2D eigenvalue weighted by molar-refractivity contribution is 7.91. The average Bonchev–Trinajstić information content (AvgIpc) is 2.98. The van der Waals surface area contributed by atoms with Crippen LogP contribution in [0.3, 0.4) is 0 Å². The van der Waals surface area contributed by atoms with Crippen molar-refractivity contribution in [2.75, 3.05) is 49.2 Å². The van der Waals surface area contributed by atoms with Crippen LogP contribution in [-0.4, -0.2) is 69.5 Å². The molecule has 0 radical (unpaired) electrons. The van der Waals surface area contributed by atoms with Crippen molar-refractivity contribution in [1.82, 2.24) is 4.90 Å². The van der Waals surface area contributed by atoms with Crippen molar-refractivity contribution in [2.24, 2.45) is 5.92 Å². The molecular weight excluding hydrogens is 392 g/mol. The Kier molecular flexibility index (Phi) is 6.26. The van der Waals surface area contributed by atoms with E-state index in [-0.39, 0.29) is 36.4 Å². The molecule has 2 aliphatic rings. The van der Waals surface area contributed by atoms with Crippen LogP contribution >= 0.6 is 11.6 Å². The van der Waals surface area contributed by atoms with E-state index in [2.05, 4.69) is 4.90 Å². The normalized spacial score (nSPS) is 21.9. The number of sulfone groups is 1. The quantitative estimate of drug-likeness (QED) is 0.676. The van der Waals surface area contributed by atoms with Gasteiger partial charge in [0.2, 0.25) is 0 Å². The Labute approximate surface area is 164 Å². The summed E-state index contributed by atoms with van der Waals surface area (Å²) < 4.78 is 27.9. The van der Waals surface area contributed by atoms with Crippen LogP contribution in [-0.2, 0) is 24.2 Å². The topological polar surface area (TPSA) is 84.0 Å². The molecule has 2 fully saturated rings. The number of amides is 1. The number of esters is 1. The summed E-state index contributed by atoms with van der Waals surface area (Å²) in [4.78, 5) is 27.9. The SMILES string of the molecule is O=C(C[C@@H]1CCS(=O)(=O)C1)OCC(=O)N1CCN(c2ccccc2Cl)CC1. The highest BCUT2D eigenvalue weighted by Crippen LogP contribution is 2.26. The average molecular weight is 415 g/mol. The lowest BCUT2D eigenvalue weighted by atomic mass is 10.1. The van der Waals surface area contributed by atoms with Crippen LogP contribution in [0.25, 0.3) is 0 Å². The first-order valence-electron chi connectivity index (χ1n) is 8.97. The third kappa shape index (κ3) is 5.35.